The maximum atomic E-state index is 11.3. The number of nitrogens with one attached hydrogen (secondary N) is 1. The summed E-state index contributed by atoms with van der Waals surface area (Å²) in [5, 5.41) is 23.6. The second-order valence-corrected chi connectivity index (χ2v) is 8.57. The van der Waals surface area contributed by atoms with Gasteiger partial charge in [-0.3, -0.25) is 9.67 Å². The molecule has 0 saturated carbocycles. The average Bonchev–Trinajstić information content (AvgIpc) is 3.51. The van der Waals surface area contributed by atoms with Crippen molar-refractivity contribution in [2.45, 2.75) is 26.2 Å². The van der Waals surface area contributed by atoms with E-state index >= 15 is 0 Å². The lowest BCUT2D eigenvalue weighted by molar-refractivity contribution is 0.415. The van der Waals surface area contributed by atoms with E-state index in [0.717, 1.165) is 27.9 Å². The maximum absolute atomic E-state index is 11.3. The van der Waals surface area contributed by atoms with Gasteiger partial charge in [0, 0.05) is 28.8 Å². The van der Waals surface area contributed by atoms with Gasteiger partial charge in [0.15, 0.2) is 0 Å². The Bertz CT molecular complexity index is 1390. The minimum absolute atomic E-state index is 0.0330. The molecule has 0 amide bonds. The quantitative estimate of drug-likeness (QED) is 0.413. The number of aromatic amines is 1. The zero-order valence-corrected chi connectivity index (χ0v) is 18.2. The van der Waals surface area contributed by atoms with Gasteiger partial charge in [-0.2, -0.15) is 5.10 Å². The van der Waals surface area contributed by atoms with Gasteiger partial charge in [0.25, 0.3) is 0 Å². The van der Waals surface area contributed by atoms with Crippen LogP contribution >= 0.6 is 0 Å². The number of methoxy groups -OCH3 is 1. The second kappa shape index (κ2) is 7.26. The van der Waals surface area contributed by atoms with Crippen LogP contribution in [0.4, 0.5) is 0 Å². The highest BCUT2D eigenvalue weighted by Gasteiger charge is 2.30. The average molecular weight is 429 g/mol. The Labute approximate surface area is 184 Å². The summed E-state index contributed by atoms with van der Waals surface area (Å²) < 4.78 is 12.3. The molecule has 1 aromatic carbocycles. The van der Waals surface area contributed by atoms with E-state index in [1.54, 1.807) is 23.9 Å². The molecule has 0 unspecified atom stereocenters. The predicted octanol–water partition coefficient (Wildman–Crippen LogP) is 5.08. The largest absolute Gasteiger partial charge is 0.496 e. The van der Waals surface area contributed by atoms with Gasteiger partial charge in [-0.05, 0) is 24.3 Å². The van der Waals surface area contributed by atoms with E-state index in [4.69, 9.17) is 9.26 Å². The van der Waals surface area contributed by atoms with Crippen molar-refractivity contribution >= 4 is 10.9 Å². The highest BCUT2D eigenvalue weighted by molar-refractivity contribution is 6.02. The van der Waals surface area contributed by atoms with E-state index < -0.39 is 0 Å². The molecule has 5 aromatic rings. The smallest absolute Gasteiger partial charge is 0.224 e. The van der Waals surface area contributed by atoms with Crippen LogP contribution in [0, 0.1) is 0 Å². The lowest BCUT2D eigenvalue weighted by Gasteiger charge is -2.18. The van der Waals surface area contributed by atoms with Crippen LogP contribution < -0.4 is 4.74 Å². The summed E-state index contributed by atoms with van der Waals surface area (Å²) in [4.78, 5) is 4.62. The topological polar surface area (TPSA) is 102 Å². The molecule has 0 spiro atoms. The van der Waals surface area contributed by atoms with Crippen LogP contribution in [0.1, 0.15) is 26.5 Å². The van der Waals surface area contributed by atoms with E-state index in [1.165, 1.54) is 6.26 Å². The van der Waals surface area contributed by atoms with Crippen LogP contribution in [0.15, 0.2) is 59.4 Å². The number of hydrogen-bond donors (Lipinski definition) is 2. The van der Waals surface area contributed by atoms with Gasteiger partial charge in [-0.25, -0.2) is 4.98 Å². The van der Waals surface area contributed by atoms with Crippen LogP contribution in [-0.4, -0.2) is 37.1 Å². The van der Waals surface area contributed by atoms with Crippen molar-refractivity contribution < 1.29 is 14.4 Å². The Morgan fingerprint density at radius 3 is 2.56 bits per heavy atom. The molecule has 2 N–H and O–H groups in total. The van der Waals surface area contributed by atoms with E-state index in [9.17, 15) is 5.11 Å². The van der Waals surface area contributed by atoms with Crippen molar-refractivity contribution in [3.63, 3.8) is 0 Å². The first-order valence-corrected chi connectivity index (χ1v) is 10.2. The van der Waals surface area contributed by atoms with Crippen molar-refractivity contribution in [3.05, 3.63) is 60.6 Å². The number of H-pyrrole nitrogens is 1. The van der Waals surface area contributed by atoms with Crippen LogP contribution in [0.2, 0.25) is 0 Å². The molecule has 8 nitrogen and oxygen atoms in total. The standard InChI is InChI=1S/C24H23N5O3/c1-24(2,3)22-19-20(26-27-22)23(30)29(21(19)15-7-5-6-8-17(15)31-4)18-10-9-14(13-25-18)16-11-12-32-28-16/h5-13,26,30H,1-4H3. The molecule has 0 saturated heterocycles. The molecular weight excluding hydrogens is 406 g/mol. The Hall–Kier alpha value is -4.07. The predicted molar refractivity (Wildman–Crippen MR) is 121 cm³/mol. The Morgan fingerprint density at radius 2 is 1.91 bits per heavy atom. The number of nitrogens with zero attached hydrogens (tertiary/aromatic N) is 4. The Kier molecular flexibility index (Phi) is 4.51. The molecular formula is C24H23N5O3. The van der Waals surface area contributed by atoms with E-state index in [1.807, 2.05) is 36.4 Å². The molecule has 0 bridgehead atoms. The molecule has 5 rings (SSSR count). The summed E-state index contributed by atoms with van der Waals surface area (Å²) in [5.41, 5.74) is 4.25. The number of pyridine rings is 1. The third-order valence-corrected chi connectivity index (χ3v) is 5.45. The van der Waals surface area contributed by atoms with Crippen LogP contribution in [-0.2, 0) is 5.41 Å². The highest BCUT2D eigenvalue weighted by Crippen LogP contribution is 2.45. The molecule has 0 fully saturated rings. The number of aromatic nitrogens is 5. The van der Waals surface area contributed by atoms with Gasteiger partial charge < -0.3 is 14.4 Å². The number of aromatic hydroxyl groups is 1. The van der Waals surface area contributed by atoms with Crippen molar-refractivity contribution in [2.75, 3.05) is 7.11 Å². The van der Waals surface area contributed by atoms with Gasteiger partial charge in [0.1, 0.15) is 29.0 Å². The number of ether oxygens (including phenoxy) is 1. The second-order valence-electron chi connectivity index (χ2n) is 8.57. The zero-order valence-electron chi connectivity index (χ0n) is 18.2. The molecule has 8 heteroatoms. The first-order chi connectivity index (χ1) is 15.4. The van der Waals surface area contributed by atoms with Crippen LogP contribution in [0.5, 0.6) is 11.6 Å². The molecule has 0 atom stereocenters. The fourth-order valence-corrected chi connectivity index (χ4v) is 3.96. The SMILES string of the molecule is COc1ccccc1-c1c2c(C(C)(C)C)n[nH]c2c(O)n1-c1ccc(-c2ccon2)cn1. The number of fused-ring (bicyclic) bond motifs is 1. The van der Waals surface area contributed by atoms with Crippen molar-refractivity contribution in [1.82, 2.24) is 24.9 Å². The summed E-state index contributed by atoms with van der Waals surface area (Å²) >= 11 is 0. The summed E-state index contributed by atoms with van der Waals surface area (Å²) in [6.45, 7) is 6.27. The monoisotopic (exact) mass is 429 g/mol. The number of para-hydroxylation sites is 1. The highest BCUT2D eigenvalue weighted by atomic mass is 16.5. The number of hydrogen-bond acceptors (Lipinski definition) is 6. The summed E-state index contributed by atoms with van der Waals surface area (Å²) in [5.74, 6) is 1.28. The van der Waals surface area contributed by atoms with Crippen molar-refractivity contribution in [1.29, 1.82) is 0 Å². The molecule has 162 valence electrons. The summed E-state index contributed by atoms with van der Waals surface area (Å²) in [6, 6.07) is 13.2. The third-order valence-electron chi connectivity index (χ3n) is 5.45. The van der Waals surface area contributed by atoms with Crippen molar-refractivity contribution in [2.24, 2.45) is 0 Å². The summed E-state index contributed by atoms with van der Waals surface area (Å²) in [6.07, 6.45) is 3.22. The minimum Gasteiger partial charge on any atom is -0.496 e. The van der Waals surface area contributed by atoms with Gasteiger partial charge in [0.05, 0.1) is 23.9 Å². The van der Waals surface area contributed by atoms with E-state index in [0.29, 0.717) is 22.8 Å². The molecule has 0 aliphatic heterocycles. The van der Waals surface area contributed by atoms with Gasteiger partial charge in [-0.15, -0.1) is 0 Å². The minimum atomic E-state index is -0.252. The lowest BCUT2D eigenvalue weighted by atomic mass is 9.89. The fraction of sp³-hybridized carbons (Fsp3) is 0.208. The first kappa shape index (κ1) is 19.9. The number of benzene rings is 1. The molecule has 4 aromatic heterocycles. The Balaban J connectivity index is 1.81. The third kappa shape index (κ3) is 3.03. The first-order valence-electron chi connectivity index (χ1n) is 10.2. The van der Waals surface area contributed by atoms with Gasteiger partial charge in [-0.1, -0.05) is 38.1 Å². The van der Waals surface area contributed by atoms with Gasteiger partial charge >= 0.3 is 0 Å². The van der Waals surface area contributed by atoms with Gasteiger partial charge in [0.2, 0.25) is 5.88 Å². The van der Waals surface area contributed by atoms with Crippen LogP contribution in [0.25, 0.3) is 39.2 Å². The molecule has 0 radical (unpaired) electrons. The zero-order chi connectivity index (χ0) is 22.5. The molecule has 32 heavy (non-hydrogen) atoms. The molecule has 0 aliphatic rings. The number of rotatable bonds is 4. The van der Waals surface area contributed by atoms with E-state index in [-0.39, 0.29) is 11.3 Å². The maximum Gasteiger partial charge on any atom is 0.224 e. The van der Waals surface area contributed by atoms with Crippen molar-refractivity contribution in [3.8, 4) is 40.0 Å². The molecule has 0 aliphatic carbocycles. The Morgan fingerprint density at radius 1 is 1.09 bits per heavy atom. The molecule has 4 heterocycles. The fourth-order valence-electron chi connectivity index (χ4n) is 3.96. The van der Waals surface area contributed by atoms with Crippen LogP contribution in [0.3, 0.4) is 0 Å². The normalized spacial score (nSPS) is 11.9. The summed E-state index contributed by atoms with van der Waals surface area (Å²) in [7, 11) is 1.63. The van der Waals surface area contributed by atoms with E-state index in [2.05, 4.69) is 41.1 Å². The lowest BCUT2D eigenvalue weighted by Crippen LogP contribution is -2.13.